The molecule has 0 aliphatic heterocycles. The molecule has 0 aliphatic rings. The van der Waals surface area contributed by atoms with Crippen molar-refractivity contribution < 1.29 is 4.74 Å². The van der Waals surface area contributed by atoms with Crippen molar-refractivity contribution in [3.05, 3.63) is 0 Å². The van der Waals surface area contributed by atoms with Crippen molar-refractivity contribution in [3.63, 3.8) is 0 Å². The van der Waals surface area contributed by atoms with Crippen LogP contribution in [0, 0.1) is 0 Å². The average Bonchev–Trinajstić information content (AvgIpc) is 1.80. The zero-order valence-corrected chi connectivity index (χ0v) is 13.3. The maximum Gasteiger partial charge on any atom is 0.0829 e. The maximum absolute atomic E-state index is 5.91. The van der Waals surface area contributed by atoms with Gasteiger partial charge in [0.25, 0.3) is 0 Å². The summed E-state index contributed by atoms with van der Waals surface area (Å²) in [7, 11) is -2.22. The third-order valence-electron chi connectivity index (χ3n) is 3.03. The van der Waals surface area contributed by atoms with Gasteiger partial charge < -0.3 is 4.74 Å². The summed E-state index contributed by atoms with van der Waals surface area (Å²) in [5.41, 5.74) is 0. The maximum atomic E-state index is 5.91. The van der Waals surface area contributed by atoms with Crippen molar-refractivity contribution in [1.29, 1.82) is 0 Å². The molecular weight excluding hydrogens is 204 g/mol. The van der Waals surface area contributed by atoms with E-state index in [1.165, 1.54) is 0 Å². The highest BCUT2D eigenvalue weighted by Crippen LogP contribution is 2.35. The van der Waals surface area contributed by atoms with Gasteiger partial charge in [0.05, 0.1) is 16.1 Å². The SMILES string of the molecule is CC(C)(C)[Si](C)(C)COC[Si](C)(C)C. The zero-order valence-electron chi connectivity index (χ0n) is 11.3. The Hall–Kier alpha value is 0.394. The molecule has 0 amide bonds. The summed E-state index contributed by atoms with van der Waals surface area (Å²) in [5, 5.41) is 0.451. The van der Waals surface area contributed by atoms with E-state index in [1.807, 2.05) is 0 Å². The van der Waals surface area contributed by atoms with E-state index in [1.54, 1.807) is 0 Å². The van der Waals surface area contributed by atoms with Crippen LogP contribution in [-0.2, 0) is 4.74 Å². The minimum absolute atomic E-state index is 0.451. The van der Waals surface area contributed by atoms with Gasteiger partial charge in [-0.1, -0.05) is 53.5 Å². The van der Waals surface area contributed by atoms with Gasteiger partial charge in [0, 0.05) is 12.5 Å². The number of ether oxygens (including phenoxy) is 1. The van der Waals surface area contributed by atoms with Crippen LogP contribution in [0.15, 0.2) is 0 Å². The molecule has 0 spiro atoms. The molecule has 0 bridgehead atoms. The van der Waals surface area contributed by atoms with Crippen molar-refractivity contribution in [3.8, 4) is 0 Å². The molecule has 0 saturated carbocycles. The number of rotatable bonds is 4. The summed E-state index contributed by atoms with van der Waals surface area (Å²) in [5.74, 6) is 0. The molecule has 0 aromatic heterocycles. The van der Waals surface area contributed by atoms with Crippen LogP contribution in [-0.4, -0.2) is 28.6 Å². The van der Waals surface area contributed by atoms with Crippen LogP contribution in [0.4, 0.5) is 0 Å². The van der Waals surface area contributed by atoms with Crippen molar-refractivity contribution in [2.24, 2.45) is 0 Å². The first-order chi connectivity index (χ1) is 5.96. The van der Waals surface area contributed by atoms with Gasteiger partial charge in [-0.2, -0.15) is 0 Å². The highest BCUT2D eigenvalue weighted by Gasteiger charge is 2.35. The van der Waals surface area contributed by atoms with E-state index in [9.17, 15) is 0 Å². The quantitative estimate of drug-likeness (QED) is 0.668. The van der Waals surface area contributed by atoms with Crippen LogP contribution in [0.2, 0.25) is 37.8 Å². The lowest BCUT2D eigenvalue weighted by Crippen LogP contribution is -2.44. The van der Waals surface area contributed by atoms with Crippen LogP contribution in [0.5, 0.6) is 0 Å². The lowest BCUT2D eigenvalue weighted by molar-refractivity contribution is 0.214. The third-order valence-corrected chi connectivity index (χ3v) is 9.08. The minimum Gasteiger partial charge on any atom is -0.388 e. The van der Waals surface area contributed by atoms with Gasteiger partial charge in [0.1, 0.15) is 0 Å². The van der Waals surface area contributed by atoms with Crippen LogP contribution in [0.1, 0.15) is 20.8 Å². The topological polar surface area (TPSA) is 9.23 Å². The van der Waals surface area contributed by atoms with E-state index >= 15 is 0 Å². The van der Waals surface area contributed by atoms with E-state index in [2.05, 4.69) is 53.5 Å². The van der Waals surface area contributed by atoms with Crippen LogP contribution in [0.25, 0.3) is 0 Å². The summed E-state index contributed by atoms with van der Waals surface area (Å²) < 4.78 is 5.91. The van der Waals surface area contributed by atoms with Crippen LogP contribution in [0.3, 0.4) is 0 Å². The normalized spacial score (nSPS) is 14.6. The van der Waals surface area contributed by atoms with Gasteiger partial charge in [-0.05, 0) is 5.04 Å². The lowest BCUT2D eigenvalue weighted by Gasteiger charge is -2.37. The summed E-state index contributed by atoms with van der Waals surface area (Å²) >= 11 is 0. The molecule has 0 rings (SSSR count). The minimum atomic E-state index is -1.20. The Labute approximate surface area is 92.3 Å². The van der Waals surface area contributed by atoms with Crippen molar-refractivity contribution in [2.75, 3.05) is 12.5 Å². The lowest BCUT2D eigenvalue weighted by atomic mass is 10.2. The Morgan fingerprint density at radius 2 is 1.29 bits per heavy atom. The standard InChI is InChI=1S/C11H28OSi2/c1-11(2,3)14(7,8)10-12-9-13(4,5)6/h9-10H2,1-8H3. The molecule has 1 nitrogen and oxygen atoms in total. The van der Waals surface area contributed by atoms with Gasteiger partial charge in [0.15, 0.2) is 0 Å². The molecule has 14 heavy (non-hydrogen) atoms. The number of hydrogen-bond acceptors (Lipinski definition) is 1. The third kappa shape index (κ3) is 5.32. The number of hydrogen-bond donors (Lipinski definition) is 0. The molecule has 0 heterocycles. The molecule has 0 atom stereocenters. The van der Waals surface area contributed by atoms with Gasteiger partial charge in [-0.3, -0.25) is 0 Å². The predicted octanol–water partition coefficient (Wildman–Crippen LogP) is 3.93. The summed E-state index contributed by atoms with van der Waals surface area (Å²) in [6, 6.07) is 0. The van der Waals surface area contributed by atoms with Crippen molar-refractivity contribution in [1.82, 2.24) is 0 Å². The van der Waals surface area contributed by atoms with Crippen molar-refractivity contribution >= 4 is 16.1 Å². The molecule has 0 fully saturated rings. The molecule has 0 saturated heterocycles. The fraction of sp³-hybridized carbons (Fsp3) is 1.00. The highest BCUT2D eigenvalue weighted by atomic mass is 28.3. The van der Waals surface area contributed by atoms with Crippen LogP contribution >= 0.6 is 0 Å². The fourth-order valence-electron chi connectivity index (χ4n) is 0.829. The average molecular weight is 233 g/mol. The first-order valence-corrected chi connectivity index (χ1v) is 12.4. The first kappa shape index (κ1) is 14.4. The Morgan fingerprint density at radius 1 is 0.857 bits per heavy atom. The molecule has 0 aromatic carbocycles. The monoisotopic (exact) mass is 232 g/mol. The van der Waals surface area contributed by atoms with Gasteiger partial charge in [0.2, 0.25) is 0 Å². The van der Waals surface area contributed by atoms with E-state index in [0.717, 1.165) is 12.5 Å². The molecular formula is C11H28OSi2. The Morgan fingerprint density at radius 3 is 1.57 bits per heavy atom. The summed E-state index contributed by atoms with van der Waals surface area (Å²) in [6.07, 6.45) is 2.03. The zero-order chi connectivity index (χ0) is 11.6. The highest BCUT2D eigenvalue weighted by molar-refractivity contribution is 6.80. The van der Waals surface area contributed by atoms with Crippen LogP contribution < -0.4 is 0 Å². The predicted molar refractivity (Wildman–Crippen MR) is 71.4 cm³/mol. The molecule has 86 valence electrons. The largest absolute Gasteiger partial charge is 0.388 e. The van der Waals surface area contributed by atoms with Gasteiger partial charge in [-0.25, -0.2) is 0 Å². The van der Waals surface area contributed by atoms with E-state index in [-0.39, 0.29) is 0 Å². The molecule has 0 N–H and O–H groups in total. The summed E-state index contributed by atoms with van der Waals surface area (Å²) in [4.78, 5) is 0. The smallest absolute Gasteiger partial charge is 0.0829 e. The second-order valence-electron chi connectivity index (χ2n) is 7.19. The first-order valence-electron chi connectivity index (χ1n) is 5.53. The Bertz CT molecular complexity index is 175. The molecule has 3 heteroatoms. The van der Waals surface area contributed by atoms with E-state index in [4.69, 9.17) is 4.74 Å². The van der Waals surface area contributed by atoms with Gasteiger partial charge >= 0.3 is 0 Å². The molecule has 0 unspecified atom stereocenters. The molecule has 0 aliphatic carbocycles. The molecule has 0 radical (unpaired) electrons. The Balaban J connectivity index is 4.02. The van der Waals surface area contributed by atoms with Gasteiger partial charge in [-0.15, -0.1) is 0 Å². The van der Waals surface area contributed by atoms with E-state index < -0.39 is 16.1 Å². The fourth-order valence-corrected chi connectivity index (χ4v) is 2.79. The second kappa shape index (κ2) is 4.50. The second-order valence-corrected chi connectivity index (χ2v) is 18.2. The van der Waals surface area contributed by atoms with E-state index in [0.29, 0.717) is 5.04 Å². The Kier molecular flexibility index (Phi) is 4.62. The molecule has 0 aromatic rings. The van der Waals surface area contributed by atoms with Crippen molar-refractivity contribution in [2.45, 2.75) is 58.5 Å². The summed E-state index contributed by atoms with van der Waals surface area (Å²) in [6.45, 7) is 19.0.